The standard InChI is InChI=1S/C13H21NO3/c1-4-17-13(8-14-9(2)3)10-5-6-11(15)12(16)7-10/h5-7,9,13-16H,4,8H2,1-3H3. The third-order valence-corrected chi connectivity index (χ3v) is 2.45. The van der Waals surface area contributed by atoms with Crippen molar-refractivity contribution >= 4 is 0 Å². The number of aromatic hydroxyl groups is 2. The summed E-state index contributed by atoms with van der Waals surface area (Å²) in [6, 6.07) is 5.16. The van der Waals surface area contributed by atoms with E-state index in [4.69, 9.17) is 4.74 Å². The minimum absolute atomic E-state index is 0.110. The Morgan fingerprint density at radius 3 is 2.47 bits per heavy atom. The van der Waals surface area contributed by atoms with Crippen LogP contribution in [0, 0.1) is 0 Å². The maximum absolute atomic E-state index is 9.47. The third kappa shape index (κ3) is 4.24. The second-order valence-electron chi connectivity index (χ2n) is 4.26. The number of nitrogens with one attached hydrogen (secondary N) is 1. The zero-order valence-electron chi connectivity index (χ0n) is 10.6. The topological polar surface area (TPSA) is 61.7 Å². The molecule has 1 aromatic carbocycles. The molecule has 0 aliphatic heterocycles. The van der Waals surface area contributed by atoms with Gasteiger partial charge < -0.3 is 20.3 Å². The first kappa shape index (κ1) is 13.8. The molecule has 0 aliphatic carbocycles. The molecule has 1 rings (SSSR count). The molecule has 17 heavy (non-hydrogen) atoms. The van der Waals surface area contributed by atoms with Crippen molar-refractivity contribution in [3.8, 4) is 11.5 Å². The van der Waals surface area contributed by atoms with Crippen LogP contribution in [0.4, 0.5) is 0 Å². The van der Waals surface area contributed by atoms with E-state index in [-0.39, 0.29) is 17.6 Å². The average molecular weight is 239 g/mol. The highest BCUT2D eigenvalue weighted by molar-refractivity contribution is 5.41. The summed E-state index contributed by atoms with van der Waals surface area (Å²) >= 11 is 0. The number of ether oxygens (including phenoxy) is 1. The lowest BCUT2D eigenvalue weighted by Crippen LogP contribution is -2.29. The first-order chi connectivity index (χ1) is 8.04. The molecule has 1 atom stereocenters. The quantitative estimate of drug-likeness (QED) is 0.666. The van der Waals surface area contributed by atoms with E-state index in [0.717, 1.165) is 5.56 Å². The zero-order chi connectivity index (χ0) is 12.8. The van der Waals surface area contributed by atoms with E-state index in [1.807, 2.05) is 6.92 Å². The Morgan fingerprint density at radius 1 is 1.24 bits per heavy atom. The summed E-state index contributed by atoms with van der Waals surface area (Å²) in [6.07, 6.45) is -0.117. The van der Waals surface area contributed by atoms with Crippen LogP contribution in [0.1, 0.15) is 32.4 Å². The van der Waals surface area contributed by atoms with Crippen LogP contribution in [-0.2, 0) is 4.74 Å². The van der Waals surface area contributed by atoms with Crippen LogP contribution in [0.2, 0.25) is 0 Å². The van der Waals surface area contributed by atoms with Gasteiger partial charge in [0.05, 0.1) is 6.10 Å². The Bertz CT molecular complexity index is 353. The van der Waals surface area contributed by atoms with Crippen molar-refractivity contribution in [2.75, 3.05) is 13.2 Å². The fourth-order valence-corrected chi connectivity index (χ4v) is 1.56. The number of phenolic OH excluding ortho intramolecular Hbond substituents is 2. The molecular formula is C13H21NO3. The van der Waals surface area contributed by atoms with Gasteiger partial charge in [0.2, 0.25) is 0 Å². The summed E-state index contributed by atoms with van der Waals surface area (Å²) in [7, 11) is 0. The highest BCUT2D eigenvalue weighted by Gasteiger charge is 2.13. The summed E-state index contributed by atoms with van der Waals surface area (Å²) in [4.78, 5) is 0. The Morgan fingerprint density at radius 2 is 1.94 bits per heavy atom. The fourth-order valence-electron chi connectivity index (χ4n) is 1.56. The summed E-state index contributed by atoms with van der Waals surface area (Å²) in [5, 5.41) is 22.0. The number of benzene rings is 1. The van der Waals surface area contributed by atoms with Crippen LogP contribution >= 0.6 is 0 Å². The first-order valence-corrected chi connectivity index (χ1v) is 5.91. The van der Waals surface area contributed by atoms with E-state index in [2.05, 4.69) is 19.2 Å². The maximum atomic E-state index is 9.47. The molecule has 4 nitrogen and oxygen atoms in total. The highest BCUT2D eigenvalue weighted by Crippen LogP contribution is 2.28. The van der Waals surface area contributed by atoms with E-state index in [1.165, 1.54) is 12.1 Å². The van der Waals surface area contributed by atoms with Crippen molar-refractivity contribution in [3.05, 3.63) is 23.8 Å². The second-order valence-corrected chi connectivity index (χ2v) is 4.26. The molecule has 0 saturated carbocycles. The Kier molecular flexibility index (Phi) is 5.25. The number of hydrogen-bond donors (Lipinski definition) is 3. The lowest BCUT2D eigenvalue weighted by atomic mass is 10.1. The minimum Gasteiger partial charge on any atom is -0.504 e. The van der Waals surface area contributed by atoms with Crippen molar-refractivity contribution in [3.63, 3.8) is 0 Å². The SMILES string of the molecule is CCOC(CNC(C)C)c1ccc(O)c(O)c1. The third-order valence-electron chi connectivity index (χ3n) is 2.45. The van der Waals surface area contributed by atoms with Gasteiger partial charge in [-0.3, -0.25) is 0 Å². The molecule has 0 saturated heterocycles. The van der Waals surface area contributed by atoms with E-state index in [0.29, 0.717) is 19.2 Å². The van der Waals surface area contributed by atoms with Crippen molar-refractivity contribution in [1.82, 2.24) is 5.32 Å². The number of phenols is 2. The van der Waals surface area contributed by atoms with Gasteiger partial charge in [-0.15, -0.1) is 0 Å². The van der Waals surface area contributed by atoms with Gasteiger partial charge in [0.15, 0.2) is 11.5 Å². The molecule has 0 aromatic heterocycles. The van der Waals surface area contributed by atoms with Gasteiger partial charge in [-0.05, 0) is 24.6 Å². The lowest BCUT2D eigenvalue weighted by molar-refractivity contribution is 0.0608. The van der Waals surface area contributed by atoms with Crippen molar-refractivity contribution < 1.29 is 14.9 Å². The molecule has 96 valence electrons. The molecule has 0 spiro atoms. The van der Waals surface area contributed by atoms with Gasteiger partial charge >= 0.3 is 0 Å². The Hall–Kier alpha value is -1.26. The van der Waals surface area contributed by atoms with Crippen molar-refractivity contribution in [2.24, 2.45) is 0 Å². The number of hydrogen-bond acceptors (Lipinski definition) is 4. The molecule has 3 N–H and O–H groups in total. The smallest absolute Gasteiger partial charge is 0.157 e. The largest absolute Gasteiger partial charge is 0.504 e. The van der Waals surface area contributed by atoms with Gasteiger partial charge in [0.1, 0.15) is 0 Å². The minimum atomic E-state index is -0.117. The average Bonchev–Trinajstić information content (AvgIpc) is 2.28. The summed E-state index contributed by atoms with van der Waals surface area (Å²) in [5.41, 5.74) is 0.857. The first-order valence-electron chi connectivity index (χ1n) is 5.91. The number of rotatable bonds is 6. The molecule has 0 radical (unpaired) electrons. The molecule has 0 fully saturated rings. The van der Waals surface area contributed by atoms with Gasteiger partial charge in [0, 0.05) is 19.2 Å². The lowest BCUT2D eigenvalue weighted by Gasteiger charge is -2.20. The molecule has 1 unspecified atom stereocenters. The maximum Gasteiger partial charge on any atom is 0.157 e. The van der Waals surface area contributed by atoms with Crippen molar-refractivity contribution in [1.29, 1.82) is 0 Å². The predicted molar refractivity (Wildman–Crippen MR) is 67.3 cm³/mol. The Labute approximate surface area is 102 Å². The highest BCUT2D eigenvalue weighted by atomic mass is 16.5. The van der Waals surface area contributed by atoms with Gasteiger partial charge in [0.25, 0.3) is 0 Å². The zero-order valence-corrected chi connectivity index (χ0v) is 10.6. The van der Waals surface area contributed by atoms with Crippen LogP contribution in [0.5, 0.6) is 11.5 Å². The normalized spacial score (nSPS) is 12.9. The molecule has 0 heterocycles. The van der Waals surface area contributed by atoms with E-state index < -0.39 is 0 Å². The molecule has 4 heteroatoms. The monoisotopic (exact) mass is 239 g/mol. The molecular weight excluding hydrogens is 218 g/mol. The molecule has 0 bridgehead atoms. The van der Waals surface area contributed by atoms with Crippen LogP contribution in [-0.4, -0.2) is 29.4 Å². The van der Waals surface area contributed by atoms with Crippen molar-refractivity contribution in [2.45, 2.75) is 32.9 Å². The van der Waals surface area contributed by atoms with E-state index in [1.54, 1.807) is 6.07 Å². The molecule has 0 aliphatic rings. The van der Waals surface area contributed by atoms with E-state index in [9.17, 15) is 10.2 Å². The Balaban J connectivity index is 2.77. The predicted octanol–water partition coefficient (Wildman–Crippen LogP) is 2.17. The van der Waals surface area contributed by atoms with Crippen LogP contribution in [0.15, 0.2) is 18.2 Å². The van der Waals surface area contributed by atoms with E-state index >= 15 is 0 Å². The molecule has 1 aromatic rings. The fraction of sp³-hybridized carbons (Fsp3) is 0.538. The molecule has 0 amide bonds. The van der Waals surface area contributed by atoms with Crippen LogP contribution in [0.25, 0.3) is 0 Å². The second kappa shape index (κ2) is 6.47. The van der Waals surface area contributed by atoms with Gasteiger partial charge in [-0.25, -0.2) is 0 Å². The van der Waals surface area contributed by atoms with Crippen LogP contribution in [0.3, 0.4) is 0 Å². The summed E-state index contributed by atoms with van der Waals surface area (Å²) in [6.45, 7) is 7.35. The summed E-state index contributed by atoms with van der Waals surface area (Å²) < 4.78 is 5.62. The summed E-state index contributed by atoms with van der Waals surface area (Å²) in [5.74, 6) is -0.224. The van der Waals surface area contributed by atoms with Gasteiger partial charge in [-0.1, -0.05) is 19.9 Å². The van der Waals surface area contributed by atoms with Gasteiger partial charge in [-0.2, -0.15) is 0 Å². The van der Waals surface area contributed by atoms with Crippen LogP contribution < -0.4 is 5.32 Å².